The molecule has 0 radical (unpaired) electrons. The van der Waals surface area contributed by atoms with E-state index in [0.29, 0.717) is 6.42 Å². The van der Waals surface area contributed by atoms with Crippen molar-refractivity contribution < 1.29 is 9.53 Å². The van der Waals surface area contributed by atoms with Crippen LogP contribution in [0.4, 0.5) is 0 Å². The molecule has 7 nitrogen and oxygen atoms in total. The Morgan fingerprint density at radius 3 is 2.74 bits per heavy atom. The first-order valence-electron chi connectivity index (χ1n) is 8.35. The number of nitrogens with two attached hydrogens (primary N) is 1. The lowest BCUT2D eigenvalue weighted by Crippen LogP contribution is -2.13. The summed E-state index contributed by atoms with van der Waals surface area (Å²) in [7, 11) is 1.64. The van der Waals surface area contributed by atoms with E-state index in [1.165, 1.54) is 6.33 Å². The summed E-state index contributed by atoms with van der Waals surface area (Å²) in [5.74, 6) is 0.220. The van der Waals surface area contributed by atoms with Crippen LogP contribution in [0.2, 0.25) is 0 Å². The van der Waals surface area contributed by atoms with Crippen molar-refractivity contribution >= 4 is 16.8 Å². The molecule has 1 aromatic carbocycles. The van der Waals surface area contributed by atoms with Crippen molar-refractivity contribution in [3.63, 3.8) is 0 Å². The summed E-state index contributed by atoms with van der Waals surface area (Å²) >= 11 is 0. The minimum absolute atomic E-state index is 0.249. The molecule has 0 bridgehead atoms. The second kappa shape index (κ2) is 6.87. The molecule has 0 saturated heterocycles. The van der Waals surface area contributed by atoms with Gasteiger partial charge >= 0.3 is 0 Å². The summed E-state index contributed by atoms with van der Waals surface area (Å²) in [5, 5.41) is 1.04. The number of fused-ring (bicyclic) bond motifs is 1. The average Bonchev–Trinajstić information content (AvgIpc) is 3.06. The van der Waals surface area contributed by atoms with Crippen LogP contribution in [0.5, 0.6) is 5.75 Å². The van der Waals surface area contributed by atoms with Crippen LogP contribution < -0.4 is 10.5 Å². The number of carbonyl (C=O) groups excluding carboxylic acids is 1. The number of methoxy groups -OCH3 is 1. The highest BCUT2D eigenvalue weighted by Gasteiger charge is 2.16. The predicted molar refractivity (Wildman–Crippen MR) is 101 cm³/mol. The third-order valence-corrected chi connectivity index (χ3v) is 4.38. The van der Waals surface area contributed by atoms with Gasteiger partial charge < -0.3 is 15.5 Å². The molecule has 0 aliphatic heterocycles. The number of hydrogen-bond acceptors (Lipinski definition) is 5. The van der Waals surface area contributed by atoms with E-state index in [4.69, 9.17) is 10.5 Å². The van der Waals surface area contributed by atoms with Gasteiger partial charge in [0.1, 0.15) is 17.8 Å². The maximum absolute atomic E-state index is 11.5. The Morgan fingerprint density at radius 2 is 2.00 bits per heavy atom. The van der Waals surface area contributed by atoms with Gasteiger partial charge in [-0.2, -0.15) is 0 Å². The Balaban J connectivity index is 1.87. The molecule has 4 aromatic rings. The Morgan fingerprint density at radius 1 is 1.19 bits per heavy atom. The third-order valence-electron chi connectivity index (χ3n) is 4.38. The summed E-state index contributed by atoms with van der Waals surface area (Å²) in [6.45, 7) is 0. The van der Waals surface area contributed by atoms with E-state index in [0.717, 1.165) is 39.2 Å². The molecule has 0 aliphatic carbocycles. The molecule has 0 atom stereocenters. The van der Waals surface area contributed by atoms with Crippen LogP contribution in [0.25, 0.3) is 22.2 Å². The van der Waals surface area contributed by atoms with E-state index in [1.807, 2.05) is 24.3 Å². The SMILES string of the molecule is COc1ccc2c(Cc3cccc(C(N)=O)n3)c(-c3cncnc3)[nH]c2c1. The largest absolute Gasteiger partial charge is 0.497 e. The van der Waals surface area contributed by atoms with Crippen molar-refractivity contribution in [3.8, 4) is 17.0 Å². The van der Waals surface area contributed by atoms with Crippen molar-refractivity contribution in [2.75, 3.05) is 7.11 Å². The normalized spacial score (nSPS) is 10.9. The molecule has 0 saturated carbocycles. The Hall–Kier alpha value is -3.74. The lowest BCUT2D eigenvalue weighted by molar-refractivity contribution is 0.0995. The highest BCUT2D eigenvalue weighted by Crippen LogP contribution is 2.33. The van der Waals surface area contributed by atoms with E-state index >= 15 is 0 Å². The van der Waals surface area contributed by atoms with Crippen LogP contribution in [-0.2, 0) is 6.42 Å². The van der Waals surface area contributed by atoms with Crippen LogP contribution in [0.1, 0.15) is 21.7 Å². The van der Waals surface area contributed by atoms with Gasteiger partial charge in [-0.1, -0.05) is 6.07 Å². The van der Waals surface area contributed by atoms with Crippen LogP contribution in [-0.4, -0.2) is 33.0 Å². The van der Waals surface area contributed by atoms with Gasteiger partial charge in [0.25, 0.3) is 5.91 Å². The smallest absolute Gasteiger partial charge is 0.267 e. The summed E-state index contributed by atoms with van der Waals surface area (Å²) in [6, 6.07) is 11.1. The lowest BCUT2D eigenvalue weighted by atomic mass is 10.0. The fourth-order valence-corrected chi connectivity index (χ4v) is 3.12. The second-order valence-electron chi connectivity index (χ2n) is 6.07. The van der Waals surface area contributed by atoms with Gasteiger partial charge in [-0.25, -0.2) is 15.0 Å². The number of carbonyl (C=O) groups is 1. The molecule has 0 unspecified atom stereocenters. The van der Waals surface area contributed by atoms with Crippen molar-refractivity contribution in [2.45, 2.75) is 6.42 Å². The maximum Gasteiger partial charge on any atom is 0.267 e. The molecule has 7 heteroatoms. The Bertz CT molecular complexity index is 1120. The molecule has 0 spiro atoms. The molecular weight excluding hydrogens is 342 g/mol. The fraction of sp³-hybridized carbons (Fsp3) is 0.100. The lowest BCUT2D eigenvalue weighted by Gasteiger charge is -2.06. The van der Waals surface area contributed by atoms with Crippen LogP contribution >= 0.6 is 0 Å². The van der Waals surface area contributed by atoms with Gasteiger partial charge in [0, 0.05) is 47.0 Å². The molecule has 1 amide bonds. The molecule has 4 rings (SSSR count). The van der Waals surface area contributed by atoms with E-state index in [9.17, 15) is 4.79 Å². The van der Waals surface area contributed by atoms with Gasteiger partial charge in [-0.3, -0.25) is 4.79 Å². The first kappa shape index (κ1) is 16.7. The number of pyridine rings is 1. The number of rotatable bonds is 5. The number of nitrogens with one attached hydrogen (secondary N) is 1. The first-order valence-corrected chi connectivity index (χ1v) is 8.35. The summed E-state index contributed by atoms with van der Waals surface area (Å²) in [6.07, 6.45) is 5.53. The zero-order valence-corrected chi connectivity index (χ0v) is 14.6. The standard InChI is InChI=1S/C20H17N5O2/c1-27-14-5-6-15-16(7-13-3-2-4-17(24-13)20(21)26)19(25-18(15)8-14)12-9-22-11-23-10-12/h2-6,8-11,25H,7H2,1H3,(H2,21,26). The highest BCUT2D eigenvalue weighted by molar-refractivity contribution is 5.92. The number of aromatic amines is 1. The summed E-state index contributed by atoms with van der Waals surface area (Å²) in [4.78, 5) is 27.5. The number of hydrogen-bond donors (Lipinski definition) is 2. The van der Waals surface area contributed by atoms with Gasteiger partial charge in [-0.15, -0.1) is 0 Å². The average molecular weight is 359 g/mol. The number of benzene rings is 1. The molecule has 0 fully saturated rings. The van der Waals surface area contributed by atoms with Crippen LogP contribution in [0.15, 0.2) is 55.1 Å². The second-order valence-corrected chi connectivity index (χ2v) is 6.07. The van der Waals surface area contributed by atoms with Crippen molar-refractivity contribution in [1.82, 2.24) is 19.9 Å². The van der Waals surface area contributed by atoms with Crippen molar-refractivity contribution in [2.24, 2.45) is 5.73 Å². The molecule has 3 N–H and O–H groups in total. The number of nitrogens with zero attached hydrogens (tertiary/aromatic N) is 3. The quantitative estimate of drug-likeness (QED) is 0.570. The maximum atomic E-state index is 11.5. The molecular formula is C20H17N5O2. The van der Waals surface area contributed by atoms with Gasteiger partial charge in [0.2, 0.25) is 0 Å². The molecule has 0 aliphatic rings. The zero-order valence-electron chi connectivity index (χ0n) is 14.6. The number of aromatic nitrogens is 4. The monoisotopic (exact) mass is 359 g/mol. The van der Waals surface area contributed by atoms with Gasteiger partial charge in [0.05, 0.1) is 12.8 Å². The Labute approximate surface area is 155 Å². The van der Waals surface area contributed by atoms with Crippen LogP contribution in [0.3, 0.4) is 0 Å². The molecule has 3 heterocycles. The topological polar surface area (TPSA) is 107 Å². The molecule has 27 heavy (non-hydrogen) atoms. The molecule has 3 aromatic heterocycles. The fourth-order valence-electron chi connectivity index (χ4n) is 3.12. The summed E-state index contributed by atoms with van der Waals surface area (Å²) < 4.78 is 5.33. The minimum atomic E-state index is -0.544. The summed E-state index contributed by atoms with van der Waals surface area (Å²) in [5.41, 5.74) is 10.1. The number of H-pyrrole nitrogens is 1. The number of ether oxygens (including phenoxy) is 1. The zero-order chi connectivity index (χ0) is 18.8. The van der Waals surface area contributed by atoms with E-state index in [1.54, 1.807) is 31.6 Å². The first-order chi connectivity index (χ1) is 13.2. The number of amides is 1. The van der Waals surface area contributed by atoms with Crippen LogP contribution in [0, 0.1) is 0 Å². The van der Waals surface area contributed by atoms with Crippen molar-refractivity contribution in [3.05, 3.63) is 72.1 Å². The van der Waals surface area contributed by atoms with E-state index < -0.39 is 5.91 Å². The van der Waals surface area contributed by atoms with E-state index in [-0.39, 0.29) is 5.69 Å². The van der Waals surface area contributed by atoms with Crippen molar-refractivity contribution in [1.29, 1.82) is 0 Å². The third kappa shape index (κ3) is 3.22. The predicted octanol–water partition coefficient (Wildman–Crippen LogP) is 2.72. The van der Waals surface area contributed by atoms with Gasteiger partial charge in [0.15, 0.2) is 0 Å². The van der Waals surface area contributed by atoms with Gasteiger partial charge in [-0.05, 0) is 29.8 Å². The number of primary amides is 1. The Kier molecular flexibility index (Phi) is 4.25. The van der Waals surface area contributed by atoms with E-state index in [2.05, 4.69) is 19.9 Å². The molecule has 134 valence electrons. The minimum Gasteiger partial charge on any atom is -0.497 e. The highest BCUT2D eigenvalue weighted by atomic mass is 16.5.